The van der Waals surface area contributed by atoms with Crippen molar-refractivity contribution in [2.75, 3.05) is 7.11 Å². The molecule has 0 unspecified atom stereocenters. The van der Waals surface area contributed by atoms with Crippen molar-refractivity contribution in [3.05, 3.63) is 96.2 Å². The topological polar surface area (TPSA) is 67.0 Å². The Bertz CT molecular complexity index is 1390. The Morgan fingerprint density at radius 2 is 1.68 bits per heavy atom. The molecule has 0 saturated carbocycles. The molecule has 5 nitrogen and oxygen atoms in total. The number of hydrogen-bond acceptors (Lipinski definition) is 3. The standard InChI is InChI=1S/C26H21N3O2/c1-31-23-14-8-5-11-18(23)16-27-26(30)22-15-20-19-12-6-7-13-21(19)28-25(20)24(29-22)17-9-3-2-4-10-17/h2-15,28H,16H2,1H3,(H,27,30). The number of nitrogens with one attached hydrogen (secondary N) is 2. The maximum absolute atomic E-state index is 13.1. The molecule has 0 saturated heterocycles. The van der Waals surface area contributed by atoms with Gasteiger partial charge in [0.25, 0.3) is 5.91 Å². The van der Waals surface area contributed by atoms with Gasteiger partial charge in [-0.15, -0.1) is 0 Å². The van der Waals surface area contributed by atoms with Gasteiger partial charge in [0.05, 0.1) is 18.3 Å². The van der Waals surface area contributed by atoms with Gasteiger partial charge in [-0.1, -0.05) is 66.7 Å². The van der Waals surface area contributed by atoms with Crippen molar-refractivity contribution in [1.29, 1.82) is 0 Å². The number of rotatable bonds is 5. The summed E-state index contributed by atoms with van der Waals surface area (Å²) in [5, 5.41) is 5.03. The van der Waals surface area contributed by atoms with Crippen LogP contribution in [0.5, 0.6) is 5.75 Å². The second-order valence-electron chi connectivity index (χ2n) is 7.31. The summed E-state index contributed by atoms with van der Waals surface area (Å²) in [7, 11) is 1.62. The van der Waals surface area contributed by atoms with Crippen LogP contribution in [0.4, 0.5) is 0 Å². The first kappa shape index (κ1) is 18.9. The number of benzene rings is 3. The molecule has 0 spiro atoms. The van der Waals surface area contributed by atoms with E-state index in [2.05, 4.69) is 16.4 Å². The predicted octanol–water partition coefficient (Wildman–Crippen LogP) is 5.32. The monoisotopic (exact) mass is 407 g/mol. The molecule has 0 atom stereocenters. The van der Waals surface area contributed by atoms with Crippen LogP contribution in [0.2, 0.25) is 0 Å². The molecular weight excluding hydrogens is 386 g/mol. The summed E-state index contributed by atoms with van der Waals surface area (Å²) in [5.74, 6) is 0.517. The zero-order valence-corrected chi connectivity index (χ0v) is 17.1. The number of pyridine rings is 1. The fraction of sp³-hybridized carbons (Fsp3) is 0.0769. The van der Waals surface area contributed by atoms with Gasteiger partial charge in [-0.25, -0.2) is 4.98 Å². The molecule has 0 radical (unpaired) electrons. The van der Waals surface area contributed by atoms with Crippen LogP contribution in [-0.4, -0.2) is 23.0 Å². The van der Waals surface area contributed by atoms with E-state index in [1.807, 2.05) is 78.9 Å². The lowest BCUT2D eigenvalue weighted by molar-refractivity contribution is 0.0946. The molecule has 2 aromatic heterocycles. The highest BCUT2D eigenvalue weighted by Gasteiger charge is 2.17. The number of carbonyl (C=O) groups excluding carboxylic acids is 1. The smallest absolute Gasteiger partial charge is 0.270 e. The van der Waals surface area contributed by atoms with Crippen molar-refractivity contribution < 1.29 is 9.53 Å². The Labute approximate surface area is 179 Å². The van der Waals surface area contributed by atoms with Gasteiger partial charge in [-0.3, -0.25) is 4.79 Å². The highest BCUT2D eigenvalue weighted by atomic mass is 16.5. The van der Waals surface area contributed by atoms with Crippen molar-refractivity contribution in [3.8, 4) is 17.0 Å². The maximum atomic E-state index is 13.1. The largest absolute Gasteiger partial charge is 0.496 e. The van der Waals surface area contributed by atoms with Crippen LogP contribution in [0, 0.1) is 0 Å². The van der Waals surface area contributed by atoms with E-state index in [9.17, 15) is 4.79 Å². The van der Waals surface area contributed by atoms with Gasteiger partial charge >= 0.3 is 0 Å². The van der Waals surface area contributed by atoms with Crippen molar-refractivity contribution in [2.45, 2.75) is 6.54 Å². The Kier molecular flexibility index (Phi) is 4.84. The van der Waals surface area contributed by atoms with Gasteiger partial charge in [0.2, 0.25) is 0 Å². The third-order valence-electron chi connectivity index (χ3n) is 5.41. The molecule has 0 aliphatic heterocycles. The molecule has 0 bridgehead atoms. The summed E-state index contributed by atoms with van der Waals surface area (Å²) in [6.45, 7) is 0.358. The predicted molar refractivity (Wildman–Crippen MR) is 123 cm³/mol. The summed E-state index contributed by atoms with van der Waals surface area (Å²) in [6, 6.07) is 27.5. The summed E-state index contributed by atoms with van der Waals surface area (Å²) in [5.41, 5.74) is 4.95. The number of aromatic amines is 1. The maximum Gasteiger partial charge on any atom is 0.270 e. The lowest BCUT2D eigenvalue weighted by Gasteiger charge is -2.11. The van der Waals surface area contributed by atoms with Crippen LogP contribution in [0.3, 0.4) is 0 Å². The van der Waals surface area contributed by atoms with Gasteiger partial charge in [-0.05, 0) is 18.2 Å². The lowest BCUT2D eigenvalue weighted by Crippen LogP contribution is -2.24. The number of aromatic nitrogens is 2. The number of nitrogens with zero attached hydrogens (tertiary/aromatic N) is 1. The summed E-state index contributed by atoms with van der Waals surface area (Å²) in [6.07, 6.45) is 0. The van der Waals surface area contributed by atoms with Crippen molar-refractivity contribution in [1.82, 2.24) is 15.3 Å². The quantitative estimate of drug-likeness (QED) is 0.414. The molecule has 2 heterocycles. The minimum atomic E-state index is -0.227. The summed E-state index contributed by atoms with van der Waals surface area (Å²) >= 11 is 0. The first-order valence-corrected chi connectivity index (χ1v) is 10.1. The second-order valence-corrected chi connectivity index (χ2v) is 7.31. The van der Waals surface area contributed by atoms with Crippen LogP contribution in [0.25, 0.3) is 33.1 Å². The van der Waals surface area contributed by atoms with Gasteiger partial charge < -0.3 is 15.0 Å². The minimum Gasteiger partial charge on any atom is -0.496 e. The van der Waals surface area contributed by atoms with Crippen LogP contribution >= 0.6 is 0 Å². The zero-order chi connectivity index (χ0) is 21.2. The second kappa shape index (κ2) is 7.95. The number of methoxy groups -OCH3 is 1. The molecule has 0 aliphatic carbocycles. The average Bonchev–Trinajstić information content (AvgIpc) is 3.21. The molecular formula is C26H21N3O2. The van der Waals surface area contributed by atoms with E-state index in [4.69, 9.17) is 9.72 Å². The number of fused-ring (bicyclic) bond motifs is 3. The molecule has 2 N–H and O–H groups in total. The van der Waals surface area contributed by atoms with E-state index < -0.39 is 0 Å². The fourth-order valence-electron chi connectivity index (χ4n) is 3.88. The SMILES string of the molecule is COc1ccccc1CNC(=O)c1cc2c([nH]c3ccccc32)c(-c2ccccc2)n1. The first-order chi connectivity index (χ1) is 15.2. The molecule has 152 valence electrons. The number of hydrogen-bond donors (Lipinski definition) is 2. The first-order valence-electron chi connectivity index (χ1n) is 10.1. The highest BCUT2D eigenvalue weighted by molar-refractivity contribution is 6.13. The molecule has 5 rings (SSSR count). The molecule has 5 aromatic rings. The molecule has 31 heavy (non-hydrogen) atoms. The van der Waals surface area contributed by atoms with Crippen LogP contribution in [-0.2, 0) is 6.54 Å². The Morgan fingerprint density at radius 3 is 2.52 bits per heavy atom. The van der Waals surface area contributed by atoms with E-state index in [0.29, 0.717) is 12.2 Å². The molecule has 0 aliphatic rings. The van der Waals surface area contributed by atoms with E-state index in [1.165, 1.54) is 0 Å². The van der Waals surface area contributed by atoms with Crippen molar-refractivity contribution >= 4 is 27.7 Å². The molecule has 5 heteroatoms. The fourth-order valence-corrected chi connectivity index (χ4v) is 3.88. The lowest BCUT2D eigenvalue weighted by atomic mass is 10.1. The van der Waals surface area contributed by atoms with Crippen LogP contribution in [0.1, 0.15) is 16.1 Å². The van der Waals surface area contributed by atoms with E-state index in [0.717, 1.165) is 44.4 Å². The molecule has 1 amide bonds. The Hall–Kier alpha value is -4.12. The zero-order valence-electron chi connectivity index (χ0n) is 17.1. The van der Waals surface area contributed by atoms with Crippen LogP contribution < -0.4 is 10.1 Å². The number of H-pyrrole nitrogens is 1. The van der Waals surface area contributed by atoms with Gasteiger partial charge in [0, 0.05) is 34.0 Å². The van der Waals surface area contributed by atoms with Crippen molar-refractivity contribution in [3.63, 3.8) is 0 Å². The van der Waals surface area contributed by atoms with Crippen LogP contribution in [0.15, 0.2) is 84.9 Å². The molecule has 3 aromatic carbocycles. The van der Waals surface area contributed by atoms with Gasteiger partial charge in [0.1, 0.15) is 11.4 Å². The van der Waals surface area contributed by atoms with Gasteiger partial charge in [0.15, 0.2) is 0 Å². The number of carbonyl (C=O) groups is 1. The number of para-hydroxylation sites is 2. The van der Waals surface area contributed by atoms with E-state index >= 15 is 0 Å². The van der Waals surface area contributed by atoms with E-state index in [1.54, 1.807) is 7.11 Å². The normalized spacial score (nSPS) is 11.0. The highest BCUT2D eigenvalue weighted by Crippen LogP contribution is 2.32. The van der Waals surface area contributed by atoms with Gasteiger partial charge in [-0.2, -0.15) is 0 Å². The summed E-state index contributed by atoms with van der Waals surface area (Å²) < 4.78 is 5.38. The van der Waals surface area contributed by atoms with E-state index in [-0.39, 0.29) is 5.91 Å². The Balaban J connectivity index is 1.58. The average molecular weight is 407 g/mol. The third kappa shape index (κ3) is 3.51. The minimum absolute atomic E-state index is 0.227. The number of ether oxygens (including phenoxy) is 1. The number of amides is 1. The Morgan fingerprint density at radius 1 is 0.935 bits per heavy atom. The third-order valence-corrected chi connectivity index (χ3v) is 5.41. The summed E-state index contributed by atoms with van der Waals surface area (Å²) in [4.78, 5) is 21.3. The molecule has 0 fully saturated rings. The van der Waals surface area contributed by atoms with Crippen molar-refractivity contribution in [2.24, 2.45) is 0 Å².